The number of carbonyl (C=O) groups excluding carboxylic acids is 1. The van der Waals surface area contributed by atoms with Gasteiger partial charge in [-0.25, -0.2) is 0 Å². The number of hydrogen-bond donors (Lipinski definition) is 0. The number of allylic oxidation sites excluding steroid dienone is 8. The molecule has 0 fully saturated rings. The van der Waals surface area contributed by atoms with Crippen LogP contribution in [-0.4, -0.2) is 5.97 Å². The van der Waals surface area contributed by atoms with Crippen molar-refractivity contribution in [1.29, 1.82) is 0 Å². The first kappa shape index (κ1) is 20.2. The molecular weight excluding hydrogens is 296 g/mol. The van der Waals surface area contributed by atoms with Gasteiger partial charge in [-0.05, 0) is 63.0 Å². The van der Waals surface area contributed by atoms with E-state index in [0.717, 1.165) is 18.4 Å². The molecule has 24 heavy (non-hydrogen) atoms. The van der Waals surface area contributed by atoms with Crippen LogP contribution in [0.25, 0.3) is 0 Å². The molecule has 132 valence electrons. The fourth-order valence-corrected chi connectivity index (χ4v) is 3.09. The van der Waals surface area contributed by atoms with E-state index in [1.807, 2.05) is 0 Å². The lowest BCUT2D eigenvalue weighted by molar-refractivity contribution is -0.135. The molecule has 0 saturated heterocycles. The number of carbonyl (C=O) groups is 1. The summed E-state index contributed by atoms with van der Waals surface area (Å²) in [6, 6.07) is 0. The van der Waals surface area contributed by atoms with Crippen LogP contribution in [-0.2, 0) is 9.53 Å². The lowest BCUT2D eigenvalue weighted by Gasteiger charge is -2.32. The summed E-state index contributed by atoms with van der Waals surface area (Å²) in [4.78, 5) is 10.7. The van der Waals surface area contributed by atoms with Crippen LogP contribution < -0.4 is 0 Å². The Morgan fingerprint density at radius 3 is 2.62 bits per heavy atom. The van der Waals surface area contributed by atoms with Crippen molar-refractivity contribution in [2.75, 3.05) is 0 Å². The van der Waals surface area contributed by atoms with Crippen LogP contribution in [0.1, 0.15) is 66.7 Å². The number of rotatable bonds is 7. The Morgan fingerprint density at radius 1 is 1.29 bits per heavy atom. The second-order valence-electron chi connectivity index (χ2n) is 7.32. The molecule has 0 heterocycles. The zero-order valence-corrected chi connectivity index (χ0v) is 15.9. The van der Waals surface area contributed by atoms with Gasteiger partial charge in [0.25, 0.3) is 0 Å². The second kappa shape index (κ2) is 9.46. The minimum absolute atomic E-state index is 0.287. The summed E-state index contributed by atoms with van der Waals surface area (Å²) in [5.41, 5.74) is 5.54. The van der Waals surface area contributed by atoms with Gasteiger partial charge in [-0.3, -0.25) is 4.79 Å². The quantitative estimate of drug-likeness (QED) is 0.306. The van der Waals surface area contributed by atoms with Crippen molar-refractivity contribution in [3.8, 4) is 0 Å². The molecule has 0 unspecified atom stereocenters. The third-order valence-electron chi connectivity index (χ3n) is 4.52. The summed E-state index contributed by atoms with van der Waals surface area (Å²) in [5, 5.41) is 0. The number of ether oxygens (including phenoxy) is 1. The zero-order chi connectivity index (χ0) is 18.2. The van der Waals surface area contributed by atoms with Crippen LogP contribution in [0.2, 0.25) is 0 Å². The van der Waals surface area contributed by atoms with E-state index >= 15 is 0 Å². The Balaban J connectivity index is 2.54. The zero-order valence-electron chi connectivity index (χ0n) is 15.9. The molecule has 0 atom stereocenters. The van der Waals surface area contributed by atoms with E-state index in [9.17, 15) is 4.79 Å². The molecule has 1 aliphatic rings. The number of hydrogen-bond acceptors (Lipinski definition) is 2. The first-order chi connectivity index (χ1) is 11.2. The van der Waals surface area contributed by atoms with Gasteiger partial charge in [0.2, 0.25) is 0 Å². The van der Waals surface area contributed by atoms with E-state index in [1.54, 1.807) is 6.08 Å². The highest BCUT2D eigenvalue weighted by molar-refractivity contribution is 5.66. The van der Waals surface area contributed by atoms with Gasteiger partial charge in [0.1, 0.15) is 0 Å². The molecule has 0 spiro atoms. The van der Waals surface area contributed by atoms with E-state index in [4.69, 9.17) is 4.74 Å². The summed E-state index contributed by atoms with van der Waals surface area (Å²) in [7, 11) is 0. The van der Waals surface area contributed by atoms with E-state index in [0.29, 0.717) is 0 Å². The standard InChI is InChI=1S/C22H32O2/c1-17(9-7-10-18(2)14-16-24-20(4)23)12-13-21-19(3)11-8-15-22(21,5)6/h9,12-14,16H,2,7-8,10-11,15H2,1,3-6H3/b13-12+,16-14+,17-9+. The highest BCUT2D eigenvalue weighted by Crippen LogP contribution is 2.40. The van der Waals surface area contributed by atoms with Gasteiger partial charge in [0.05, 0.1) is 6.26 Å². The van der Waals surface area contributed by atoms with Crippen molar-refractivity contribution in [3.05, 3.63) is 59.4 Å². The Morgan fingerprint density at radius 2 is 2.00 bits per heavy atom. The van der Waals surface area contributed by atoms with Crippen molar-refractivity contribution in [3.63, 3.8) is 0 Å². The fraction of sp³-hybridized carbons (Fsp3) is 0.500. The first-order valence-electron chi connectivity index (χ1n) is 8.79. The molecule has 0 bridgehead atoms. The van der Waals surface area contributed by atoms with Gasteiger partial charge in [-0.2, -0.15) is 0 Å². The average Bonchev–Trinajstić information content (AvgIpc) is 2.45. The third-order valence-corrected chi connectivity index (χ3v) is 4.52. The molecule has 1 rings (SSSR count). The minimum Gasteiger partial charge on any atom is -0.435 e. The molecule has 0 N–H and O–H groups in total. The Labute approximate surface area is 147 Å². The summed E-state index contributed by atoms with van der Waals surface area (Å²) >= 11 is 0. The van der Waals surface area contributed by atoms with Gasteiger partial charge in [0.15, 0.2) is 0 Å². The van der Waals surface area contributed by atoms with Gasteiger partial charge in [-0.1, -0.05) is 55.4 Å². The minimum atomic E-state index is -0.310. The van der Waals surface area contributed by atoms with Crippen molar-refractivity contribution in [2.45, 2.75) is 66.7 Å². The molecule has 2 heteroatoms. The van der Waals surface area contributed by atoms with Crippen LogP contribution in [0.15, 0.2) is 59.4 Å². The van der Waals surface area contributed by atoms with Crippen LogP contribution in [0, 0.1) is 5.41 Å². The van der Waals surface area contributed by atoms with Gasteiger partial charge in [-0.15, -0.1) is 0 Å². The third kappa shape index (κ3) is 7.16. The van der Waals surface area contributed by atoms with E-state index in [2.05, 4.69) is 52.5 Å². The maximum Gasteiger partial charge on any atom is 0.307 e. The largest absolute Gasteiger partial charge is 0.435 e. The van der Waals surface area contributed by atoms with Gasteiger partial charge >= 0.3 is 5.97 Å². The fourth-order valence-electron chi connectivity index (χ4n) is 3.09. The molecule has 0 aliphatic heterocycles. The lowest BCUT2D eigenvalue weighted by Crippen LogP contribution is -2.19. The maximum atomic E-state index is 10.7. The monoisotopic (exact) mass is 328 g/mol. The van der Waals surface area contributed by atoms with Gasteiger partial charge < -0.3 is 4.74 Å². The highest BCUT2D eigenvalue weighted by Gasteiger charge is 2.26. The normalized spacial score (nSPS) is 18.5. The Kier molecular flexibility index (Phi) is 7.97. The smallest absolute Gasteiger partial charge is 0.307 e. The number of esters is 1. The van der Waals surface area contributed by atoms with E-state index in [1.165, 1.54) is 49.2 Å². The molecule has 0 amide bonds. The highest BCUT2D eigenvalue weighted by atomic mass is 16.5. The van der Waals surface area contributed by atoms with E-state index < -0.39 is 0 Å². The van der Waals surface area contributed by atoms with Crippen molar-refractivity contribution in [1.82, 2.24) is 0 Å². The van der Waals surface area contributed by atoms with Gasteiger partial charge in [0, 0.05) is 6.92 Å². The maximum absolute atomic E-state index is 10.7. The summed E-state index contributed by atoms with van der Waals surface area (Å²) in [6.07, 6.45) is 15.5. The summed E-state index contributed by atoms with van der Waals surface area (Å²) < 4.78 is 4.76. The molecule has 2 nitrogen and oxygen atoms in total. The second-order valence-corrected chi connectivity index (χ2v) is 7.32. The summed E-state index contributed by atoms with van der Waals surface area (Å²) in [5.74, 6) is -0.310. The first-order valence-corrected chi connectivity index (χ1v) is 8.79. The van der Waals surface area contributed by atoms with Crippen LogP contribution >= 0.6 is 0 Å². The molecule has 0 radical (unpaired) electrons. The predicted molar refractivity (Wildman–Crippen MR) is 103 cm³/mol. The summed E-state index contributed by atoms with van der Waals surface area (Å²) in [6.45, 7) is 14.4. The Hall–Kier alpha value is -1.83. The van der Waals surface area contributed by atoms with Crippen molar-refractivity contribution >= 4 is 5.97 Å². The molecule has 0 aromatic heterocycles. The lowest BCUT2D eigenvalue weighted by atomic mass is 9.72. The van der Waals surface area contributed by atoms with Crippen molar-refractivity contribution in [2.24, 2.45) is 5.41 Å². The SMILES string of the molecule is C=C(/C=C/OC(C)=O)CC/C=C(C)/C=C/C1=C(C)CCCC1(C)C. The van der Waals surface area contributed by atoms with Crippen molar-refractivity contribution < 1.29 is 9.53 Å². The van der Waals surface area contributed by atoms with E-state index in [-0.39, 0.29) is 11.4 Å². The van der Waals surface area contributed by atoms with Crippen LogP contribution in [0.4, 0.5) is 0 Å². The molecular formula is C22H32O2. The molecule has 0 saturated carbocycles. The Bertz CT molecular complexity index is 583. The topological polar surface area (TPSA) is 26.3 Å². The predicted octanol–water partition coefficient (Wildman–Crippen LogP) is 6.43. The average molecular weight is 328 g/mol. The van der Waals surface area contributed by atoms with Crippen LogP contribution in [0.3, 0.4) is 0 Å². The molecule has 1 aliphatic carbocycles. The molecule has 0 aromatic carbocycles. The van der Waals surface area contributed by atoms with Crippen LogP contribution in [0.5, 0.6) is 0 Å². The molecule has 0 aromatic rings.